The fourth-order valence-corrected chi connectivity index (χ4v) is 2.58. The smallest absolute Gasteiger partial charge is 0.226 e. The molecular formula is C17H25NO. The molecule has 0 saturated carbocycles. The Balaban J connectivity index is 2.04. The molecule has 1 saturated heterocycles. The van der Waals surface area contributed by atoms with Crippen LogP contribution < -0.4 is 0 Å². The molecule has 0 unspecified atom stereocenters. The van der Waals surface area contributed by atoms with Crippen LogP contribution in [0, 0.1) is 0 Å². The Kier molecular flexibility index (Phi) is 4.28. The highest BCUT2D eigenvalue weighted by molar-refractivity contribution is 5.78. The van der Waals surface area contributed by atoms with E-state index in [0.29, 0.717) is 6.42 Å². The lowest BCUT2D eigenvalue weighted by atomic mass is 9.86. The molecule has 0 spiro atoms. The number of nitrogens with zero attached hydrogens (tertiary/aromatic N) is 1. The van der Waals surface area contributed by atoms with Crippen molar-refractivity contribution in [3.63, 3.8) is 0 Å². The van der Waals surface area contributed by atoms with Crippen LogP contribution in [-0.2, 0) is 16.6 Å². The zero-order valence-electron chi connectivity index (χ0n) is 12.4. The molecular weight excluding hydrogens is 234 g/mol. The number of hydrogen-bond donors (Lipinski definition) is 0. The summed E-state index contributed by atoms with van der Waals surface area (Å²) in [5, 5.41) is 0. The number of amides is 1. The third kappa shape index (κ3) is 3.82. The largest absolute Gasteiger partial charge is 0.342 e. The molecule has 1 aromatic carbocycles. The molecule has 2 rings (SSSR count). The van der Waals surface area contributed by atoms with Crippen LogP contribution in [-0.4, -0.2) is 23.9 Å². The van der Waals surface area contributed by atoms with Gasteiger partial charge in [-0.25, -0.2) is 0 Å². The Morgan fingerprint density at radius 3 is 2.47 bits per heavy atom. The Labute approximate surface area is 116 Å². The SMILES string of the molecule is CC(C)(C)c1cccc(CC(=O)N2CCCCC2)c1. The van der Waals surface area contributed by atoms with Gasteiger partial charge in [-0.3, -0.25) is 4.79 Å². The summed E-state index contributed by atoms with van der Waals surface area (Å²) >= 11 is 0. The minimum absolute atomic E-state index is 0.143. The number of piperidine rings is 1. The second-order valence-corrected chi connectivity index (χ2v) is 6.57. The first-order valence-corrected chi connectivity index (χ1v) is 7.34. The lowest BCUT2D eigenvalue weighted by molar-refractivity contribution is -0.131. The second-order valence-electron chi connectivity index (χ2n) is 6.57. The third-order valence-electron chi connectivity index (χ3n) is 3.86. The van der Waals surface area contributed by atoms with Crippen molar-refractivity contribution in [2.75, 3.05) is 13.1 Å². The van der Waals surface area contributed by atoms with Crippen LogP contribution >= 0.6 is 0 Å². The minimum atomic E-state index is 0.143. The molecule has 0 aliphatic carbocycles. The van der Waals surface area contributed by atoms with Crippen LogP contribution in [0.4, 0.5) is 0 Å². The maximum Gasteiger partial charge on any atom is 0.226 e. The van der Waals surface area contributed by atoms with E-state index in [4.69, 9.17) is 0 Å². The third-order valence-corrected chi connectivity index (χ3v) is 3.86. The van der Waals surface area contributed by atoms with Gasteiger partial charge in [0.1, 0.15) is 0 Å². The van der Waals surface area contributed by atoms with Crippen molar-refractivity contribution in [1.82, 2.24) is 4.90 Å². The summed E-state index contributed by atoms with van der Waals surface area (Å²) in [5.41, 5.74) is 2.59. The average molecular weight is 259 g/mol. The standard InChI is InChI=1S/C17H25NO/c1-17(2,3)15-9-7-8-14(12-15)13-16(19)18-10-5-4-6-11-18/h7-9,12H,4-6,10-11,13H2,1-3H3. The van der Waals surface area contributed by atoms with E-state index in [0.717, 1.165) is 31.5 Å². The average Bonchev–Trinajstić information content (AvgIpc) is 2.39. The van der Waals surface area contributed by atoms with Gasteiger partial charge < -0.3 is 4.90 Å². The first-order chi connectivity index (χ1) is 8.97. The van der Waals surface area contributed by atoms with E-state index in [1.807, 2.05) is 4.90 Å². The van der Waals surface area contributed by atoms with E-state index in [1.54, 1.807) is 0 Å². The predicted octanol–water partition coefficient (Wildman–Crippen LogP) is 3.54. The molecule has 1 fully saturated rings. The van der Waals surface area contributed by atoms with Crippen molar-refractivity contribution in [3.8, 4) is 0 Å². The van der Waals surface area contributed by atoms with Crippen LogP contribution in [0.5, 0.6) is 0 Å². The van der Waals surface area contributed by atoms with Gasteiger partial charge in [0.05, 0.1) is 6.42 Å². The van der Waals surface area contributed by atoms with Crippen LogP contribution in [0.1, 0.15) is 51.2 Å². The summed E-state index contributed by atoms with van der Waals surface area (Å²) in [6, 6.07) is 8.47. The summed E-state index contributed by atoms with van der Waals surface area (Å²) in [6.07, 6.45) is 4.13. The van der Waals surface area contributed by atoms with Gasteiger partial charge in [0.15, 0.2) is 0 Å². The van der Waals surface area contributed by atoms with Crippen molar-refractivity contribution >= 4 is 5.91 Å². The topological polar surface area (TPSA) is 20.3 Å². The number of rotatable bonds is 2. The number of carbonyl (C=O) groups excluding carboxylic acids is 1. The maximum absolute atomic E-state index is 12.3. The number of carbonyl (C=O) groups is 1. The van der Waals surface area contributed by atoms with E-state index in [2.05, 4.69) is 45.0 Å². The molecule has 1 heterocycles. The second kappa shape index (κ2) is 5.77. The molecule has 2 heteroatoms. The molecule has 1 aliphatic rings. The van der Waals surface area contributed by atoms with Gasteiger partial charge in [0, 0.05) is 13.1 Å². The molecule has 2 nitrogen and oxygen atoms in total. The Morgan fingerprint density at radius 1 is 1.16 bits per heavy atom. The fourth-order valence-electron chi connectivity index (χ4n) is 2.58. The van der Waals surface area contributed by atoms with E-state index in [-0.39, 0.29) is 11.3 Å². The summed E-state index contributed by atoms with van der Waals surface area (Å²) < 4.78 is 0. The molecule has 1 amide bonds. The minimum Gasteiger partial charge on any atom is -0.342 e. The first-order valence-electron chi connectivity index (χ1n) is 7.34. The Bertz CT molecular complexity index is 439. The summed E-state index contributed by atoms with van der Waals surface area (Å²) in [6.45, 7) is 8.51. The van der Waals surface area contributed by atoms with Gasteiger partial charge >= 0.3 is 0 Å². The van der Waals surface area contributed by atoms with E-state index in [9.17, 15) is 4.79 Å². The predicted molar refractivity (Wildman–Crippen MR) is 79.3 cm³/mol. The molecule has 19 heavy (non-hydrogen) atoms. The van der Waals surface area contributed by atoms with Crippen LogP contribution in [0.25, 0.3) is 0 Å². The molecule has 0 bridgehead atoms. The van der Waals surface area contributed by atoms with Crippen LogP contribution in [0.3, 0.4) is 0 Å². The molecule has 0 N–H and O–H groups in total. The van der Waals surface area contributed by atoms with Gasteiger partial charge in [0.2, 0.25) is 5.91 Å². The number of likely N-dealkylation sites (tertiary alicyclic amines) is 1. The van der Waals surface area contributed by atoms with E-state index < -0.39 is 0 Å². The molecule has 0 aromatic heterocycles. The monoisotopic (exact) mass is 259 g/mol. The van der Waals surface area contributed by atoms with Crippen molar-refractivity contribution in [3.05, 3.63) is 35.4 Å². The highest BCUT2D eigenvalue weighted by Gasteiger charge is 2.18. The summed E-state index contributed by atoms with van der Waals surface area (Å²) in [7, 11) is 0. The zero-order chi connectivity index (χ0) is 13.9. The van der Waals surface area contributed by atoms with E-state index in [1.165, 1.54) is 12.0 Å². The quantitative estimate of drug-likeness (QED) is 0.795. The maximum atomic E-state index is 12.3. The lowest BCUT2D eigenvalue weighted by Gasteiger charge is -2.27. The molecule has 0 radical (unpaired) electrons. The molecule has 1 aliphatic heterocycles. The summed E-state index contributed by atoms with van der Waals surface area (Å²) in [4.78, 5) is 14.3. The van der Waals surface area contributed by atoms with Crippen molar-refractivity contribution < 1.29 is 4.79 Å². The van der Waals surface area contributed by atoms with Crippen LogP contribution in [0.15, 0.2) is 24.3 Å². The molecule has 0 atom stereocenters. The Morgan fingerprint density at radius 2 is 1.84 bits per heavy atom. The lowest BCUT2D eigenvalue weighted by Crippen LogP contribution is -2.36. The first kappa shape index (κ1) is 14.1. The van der Waals surface area contributed by atoms with Gasteiger partial charge in [-0.15, -0.1) is 0 Å². The van der Waals surface area contributed by atoms with Crippen molar-refractivity contribution in [2.24, 2.45) is 0 Å². The number of hydrogen-bond acceptors (Lipinski definition) is 1. The van der Waals surface area contributed by atoms with Crippen molar-refractivity contribution in [2.45, 2.75) is 51.9 Å². The highest BCUT2D eigenvalue weighted by atomic mass is 16.2. The molecule has 104 valence electrons. The van der Waals surface area contributed by atoms with Crippen molar-refractivity contribution in [1.29, 1.82) is 0 Å². The van der Waals surface area contributed by atoms with Gasteiger partial charge in [-0.2, -0.15) is 0 Å². The number of benzene rings is 1. The normalized spacial score (nSPS) is 16.5. The van der Waals surface area contributed by atoms with Crippen LogP contribution in [0.2, 0.25) is 0 Å². The van der Waals surface area contributed by atoms with Gasteiger partial charge in [-0.1, -0.05) is 45.0 Å². The van der Waals surface area contributed by atoms with Gasteiger partial charge in [0.25, 0.3) is 0 Å². The fraction of sp³-hybridized carbons (Fsp3) is 0.588. The Hall–Kier alpha value is -1.31. The summed E-state index contributed by atoms with van der Waals surface area (Å²) in [5.74, 6) is 0.283. The van der Waals surface area contributed by atoms with E-state index >= 15 is 0 Å². The zero-order valence-corrected chi connectivity index (χ0v) is 12.4. The van der Waals surface area contributed by atoms with Gasteiger partial charge in [-0.05, 0) is 35.8 Å². The molecule has 1 aromatic rings. The highest BCUT2D eigenvalue weighted by Crippen LogP contribution is 2.23.